The molecule has 0 fully saturated rings. The SMILES string of the molecule is COc1ccc(-c2nc(SC)[nH]c(=O)c2C#N)cc1COc1ccc(C)cc1Cl. The van der Waals surface area contributed by atoms with Crippen LogP contribution in [0.1, 0.15) is 16.7 Å². The fourth-order valence-electron chi connectivity index (χ4n) is 2.78. The van der Waals surface area contributed by atoms with Crippen molar-refractivity contribution < 1.29 is 9.47 Å². The first-order valence-electron chi connectivity index (χ1n) is 8.61. The third-order valence-corrected chi connectivity index (χ3v) is 5.10. The third-order valence-electron chi connectivity index (χ3n) is 4.23. The fourth-order valence-corrected chi connectivity index (χ4v) is 3.45. The predicted molar refractivity (Wildman–Crippen MR) is 114 cm³/mol. The van der Waals surface area contributed by atoms with Crippen molar-refractivity contribution in [3.8, 4) is 28.8 Å². The Bertz CT molecular complexity index is 1150. The van der Waals surface area contributed by atoms with Crippen LogP contribution in [0.4, 0.5) is 0 Å². The maximum atomic E-state index is 12.2. The summed E-state index contributed by atoms with van der Waals surface area (Å²) < 4.78 is 11.3. The molecule has 0 unspecified atom stereocenters. The van der Waals surface area contributed by atoms with Crippen LogP contribution in [-0.2, 0) is 6.61 Å². The van der Waals surface area contributed by atoms with Crippen molar-refractivity contribution in [1.82, 2.24) is 9.97 Å². The number of halogens is 1. The Labute approximate surface area is 177 Å². The minimum Gasteiger partial charge on any atom is -0.496 e. The Morgan fingerprint density at radius 1 is 1.24 bits per heavy atom. The molecular formula is C21H18ClN3O3S. The molecule has 3 rings (SSSR count). The van der Waals surface area contributed by atoms with Crippen LogP contribution >= 0.6 is 23.4 Å². The van der Waals surface area contributed by atoms with E-state index in [1.807, 2.05) is 31.2 Å². The summed E-state index contributed by atoms with van der Waals surface area (Å²) in [6, 6.07) is 12.8. The van der Waals surface area contributed by atoms with Crippen LogP contribution in [0.25, 0.3) is 11.3 Å². The number of aromatic amines is 1. The van der Waals surface area contributed by atoms with Crippen molar-refractivity contribution in [2.75, 3.05) is 13.4 Å². The Hall–Kier alpha value is -2.95. The van der Waals surface area contributed by atoms with Crippen LogP contribution in [0.5, 0.6) is 11.5 Å². The van der Waals surface area contributed by atoms with Crippen LogP contribution in [0.2, 0.25) is 5.02 Å². The number of ether oxygens (including phenoxy) is 2. The molecule has 0 aliphatic carbocycles. The summed E-state index contributed by atoms with van der Waals surface area (Å²) in [7, 11) is 1.56. The first-order chi connectivity index (χ1) is 14.0. The third kappa shape index (κ3) is 4.56. The lowest BCUT2D eigenvalue weighted by Gasteiger charge is -2.13. The number of benzene rings is 2. The topological polar surface area (TPSA) is 88.0 Å². The van der Waals surface area contributed by atoms with E-state index in [1.165, 1.54) is 11.8 Å². The number of rotatable bonds is 6. The number of aryl methyl sites for hydroxylation is 1. The Morgan fingerprint density at radius 2 is 2.00 bits per heavy atom. The minimum atomic E-state index is -0.470. The number of thioether (sulfide) groups is 1. The zero-order valence-electron chi connectivity index (χ0n) is 16.1. The number of nitrogens with one attached hydrogen (secondary N) is 1. The van der Waals surface area contributed by atoms with Gasteiger partial charge in [0.15, 0.2) is 5.16 Å². The van der Waals surface area contributed by atoms with Gasteiger partial charge in [-0.2, -0.15) is 5.26 Å². The van der Waals surface area contributed by atoms with Gasteiger partial charge in [0.25, 0.3) is 5.56 Å². The van der Waals surface area contributed by atoms with Gasteiger partial charge in [0, 0.05) is 11.1 Å². The van der Waals surface area contributed by atoms with E-state index in [9.17, 15) is 10.1 Å². The Morgan fingerprint density at radius 3 is 2.66 bits per heavy atom. The Kier molecular flexibility index (Phi) is 6.47. The molecule has 0 aliphatic rings. The maximum Gasteiger partial charge on any atom is 0.270 e. The highest BCUT2D eigenvalue weighted by Gasteiger charge is 2.16. The van der Waals surface area contributed by atoms with Gasteiger partial charge in [-0.05, 0) is 49.1 Å². The molecule has 1 aromatic heterocycles. The highest BCUT2D eigenvalue weighted by molar-refractivity contribution is 7.98. The standard InChI is InChI=1S/C21H18ClN3O3S/c1-12-4-6-18(16(22)8-12)28-11-14-9-13(5-7-17(14)27-2)19-15(10-23)20(26)25-21(24-19)29-3/h4-9H,11H2,1-3H3,(H,24,25,26). The molecule has 0 saturated carbocycles. The maximum absolute atomic E-state index is 12.2. The van der Waals surface area contributed by atoms with Gasteiger partial charge in [-0.3, -0.25) is 4.79 Å². The molecule has 148 valence electrons. The molecule has 2 aromatic carbocycles. The average molecular weight is 428 g/mol. The zero-order valence-corrected chi connectivity index (χ0v) is 17.6. The van der Waals surface area contributed by atoms with Crippen molar-refractivity contribution in [1.29, 1.82) is 5.26 Å². The van der Waals surface area contributed by atoms with E-state index < -0.39 is 5.56 Å². The molecule has 1 heterocycles. The number of aromatic nitrogens is 2. The van der Waals surface area contributed by atoms with E-state index in [4.69, 9.17) is 21.1 Å². The number of nitriles is 1. The summed E-state index contributed by atoms with van der Waals surface area (Å²) in [5.74, 6) is 1.17. The van der Waals surface area contributed by atoms with E-state index in [-0.39, 0.29) is 12.2 Å². The van der Waals surface area contributed by atoms with E-state index in [0.717, 1.165) is 11.1 Å². The summed E-state index contributed by atoms with van der Waals surface area (Å²) in [6.45, 7) is 2.15. The number of hydrogen-bond acceptors (Lipinski definition) is 6. The molecule has 0 atom stereocenters. The molecule has 6 nitrogen and oxygen atoms in total. The molecule has 0 saturated heterocycles. The minimum absolute atomic E-state index is 0.0404. The number of methoxy groups -OCH3 is 1. The van der Waals surface area contributed by atoms with Gasteiger partial charge < -0.3 is 14.5 Å². The summed E-state index contributed by atoms with van der Waals surface area (Å²) in [6.07, 6.45) is 1.80. The van der Waals surface area contributed by atoms with Gasteiger partial charge in [0.05, 0.1) is 17.8 Å². The van der Waals surface area contributed by atoms with Gasteiger partial charge in [-0.25, -0.2) is 4.98 Å². The lowest BCUT2D eigenvalue weighted by Crippen LogP contribution is -2.14. The van der Waals surface area contributed by atoms with Crippen LogP contribution in [0.15, 0.2) is 46.3 Å². The monoisotopic (exact) mass is 427 g/mol. The lowest BCUT2D eigenvalue weighted by molar-refractivity contribution is 0.297. The van der Waals surface area contributed by atoms with Crippen molar-refractivity contribution in [2.45, 2.75) is 18.7 Å². The molecule has 0 amide bonds. The van der Waals surface area contributed by atoms with Crippen LogP contribution in [0, 0.1) is 18.3 Å². The predicted octanol–water partition coefficient (Wildman–Crippen LogP) is 4.58. The first-order valence-corrected chi connectivity index (χ1v) is 10.2. The second-order valence-electron chi connectivity index (χ2n) is 6.16. The second kappa shape index (κ2) is 9.03. The quantitative estimate of drug-likeness (QED) is 0.457. The highest BCUT2D eigenvalue weighted by atomic mass is 35.5. The smallest absolute Gasteiger partial charge is 0.270 e. The van der Waals surface area contributed by atoms with Gasteiger partial charge in [-0.15, -0.1) is 0 Å². The molecule has 0 bridgehead atoms. The highest BCUT2D eigenvalue weighted by Crippen LogP contribution is 2.30. The molecule has 8 heteroatoms. The van der Waals surface area contributed by atoms with Crippen molar-refractivity contribution >= 4 is 23.4 Å². The summed E-state index contributed by atoms with van der Waals surface area (Å²) in [5.41, 5.74) is 2.20. The summed E-state index contributed by atoms with van der Waals surface area (Å²) in [5, 5.41) is 10.4. The van der Waals surface area contributed by atoms with E-state index in [1.54, 1.807) is 31.6 Å². The molecule has 0 spiro atoms. The molecule has 3 aromatic rings. The normalized spacial score (nSPS) is 10.4. The summed E-state index contributed by atoms with van der Waals surface area (Å²) >= 11 is 7.54. The average Bonchev–Trinajstić information content (AvgIpc) is 2.72. The van der Waals surface area contributed by atoms with Crippen molar-refractivity contribution in [3.63, 3.8) is 0 Å². The number of H-pyrrole nitrogens is 1. The molecule has 1 N–H and O–H groups in total. The molecule has 0 radical (unpaired) electrons. The van der Waals surface area contributed by atoms with E-state index in [2.05, 4.69) is 9.97 Å². The van der Waals surface area contributed by atoms with Crippen LogP contribution < -0.4 is 15.0 Å². The van der Waals surface area contributed by atoms with Gasteiger partial charge >= 0.3 is 0 Å². The van der Waals surface area contributed by atoms with E-state index >= 15 is 0 Å². The molecule has 0 aliphatic heterocycles. The molecular weight excluding hydrogens is 410 g/mol. The van der Waals surface area contributed by atoms with Gasteiger partial charge in [0.2, 0.25) is 0 Å². The first kappa shape index (κ1) is 20.8. The molecule has 29 heavy (non-hydrogen) atoms. The van der Waals surface area contributed by atoms with Crippen molar-refractivity contribution in [2.24, 2.45) is 0 Å². The van der Waals surface area contributed by atoms with Gasteiger partial charge in [-0.1, -0.05) is 29.4 Å². The second-order valence-corrected chi connectivity index (χ2v) is 7.36. The largest absolute Gasteiger partial charge is 0.496 e. The zero-order chi connectivity index (χ0) is 21.0. The lowest BCUT2D eigenvalue weighted by atomic mass is 10.0. The summed E-state index contributed by atoms with van der Waals surface area (Å²) in [4.78, 5) is 19.2. The Balaban J connectivity index is 2.01. The van der Waals surface area contributed by atoms with Gasteiger partial charge in [0.1, 0.15) is 29.7 Å². The number of hydrogen-bond donors (Lipinski definition) is 1. The van der Waals surface area contributed by atoms with Crippen molar-refractivity contribution in [3.05, 3.63) is 68.5 Å². The van der Waals surface area contributed by atoms with Crippen LogP contribution in [0.3, 0.4) is 0 Å². The fraction of sp³-hybridized carbons (Fsp3) is 0.190. The van der Waals surface area contributed by atoms with E-state index in [0.29, 0.717) is 32.9 Å². The number of nitrogens with zero attached hydrogens (tertiary/aromatic N) is 2. The van der Waals surface area contributed by atoms with Crippen LogP contribution in [-0.4, -0.2) is 23.3 Å².